The van der Waals surface area contributed by atoms with Gasteiger partial charge in [0.25, 0.3) is 0 Å². The van der Waals surface area contributed by atoms with Crippen LogP contribution < -0.4 is 0 Å². The maximum atomic E-state index is 2.60. The quantitative estimate of drug-likeness (QED) is 0.644. The average Bonchev–Trinajstić information content (AvgIpc) is 2.01. The lowest BCUT2D eigenvalue weighted by atomic mass is 10.3. The van der Waals surface area contributed by atoms with E-state index in [4.69, 9.17) is 0 Å². The van der Waals surface area contributed by atoms with E-state index >= 15 is 0 Å². The van der Waals surface area contributed by atoms with E-state index in [2.05, 4.69) is 30.5 Å². The summed E-state index contributed by atoms with van der Waals surface area (Å²) in [4.78, 5) is 2.60. The molecule has 0 spiro atoms. The van der Waals surface area contributed by atoms with Crippen LogP contribution in [0, 0.1) is 0 Å². The van der Waals surface area contributed by atoms with E-state index < -0.39 is 0 Å². The van der Waals surface area contributed by atoms with Crippen molar-refractivity contribution in [2.45, 2.75) is 31.9 Å². The highest BCUT2D eigenvalue weighted by Gasteiger charge is 2.15. The topological polar surface area (TPSA) is 3.24 Å². The Balaban J connectivity index is 2.12. The molecule has 1 saturated heterocycles. The summed E-state index contributed by atoms with van der Waals surface area (Å²) < 4.78 is 0. The third kappa shape index (κ3) is 3.48. The number of thioether (sulfide) groups is 1. The van der Waals surface area contributed by atoms with Crippen LogP contribution >= 0.6 is 11.8 Å². The van der Waals surface area contributed by atoms with E-state index in [0.29, 0.717) is 0 Å². The molecule has 0 radical (unpaired) electrons. The van der Waals surface area contributed by atoms with Gasteiger partial charge in [0.1, 0.15) is 0 Å². The maximum Gasteiger partial charge on any atom is 0.0147 e. The van der Waals surface area contributed by atoms with Crippen LogP contribution in [0.3, 0.4) is 0 Å². The fraction of sp³-hybridized carbons (Fsp3) is 1.00. The Hall–Kier alpha value is 0.310. The van der Waals surface area contributed by atoms with E-state index in [9.17, 15) is 0 Å². The predicted molar refractivity (Wildman–Crippen MR) is 53.3 cm³/mol. The number of rotatable bonds is 3. The predicted octanol–water partition coefficient (Wildman–Crippen LogP) is 2.22. The highest BCUT2D eigenvalue weighted by atomic mass is 32.2. The van der Waals surface area contributed by atoms with Crippen molar-refractivity contribution in [3.05, 3.63) is 0 Å². The van der Waals surface area contributed by atoms with Crippen LogP contribution in [-0.4, -0.2) is 35.5 Å². The molecule has 1 atom stereocenters. The zero-order valence-corrected chi connectivity index (χ0v) is 8.49. The molecule has 1 rings (SSSR count). The third-order valence-electron chi connectivity index (χ3n) is 2.15. The number of hydrogen-bond acceptors (Lipinski definition) is 2. The van der Waals surface area contributed by atoms with Crippen molar-refractivity contribution in [3.8, 4) is 0 Å². The van der Waals surface area contributed by atoms with Gasteiger partial charge in [0.15, 0.2) is 0 Å². The maximum absolute atomic E-state index is 2.60. The van der Waals surface area contributed by atoms with Crippen molar-refractivity contribution in [2.24, 2.45) is 0 Å². The lowest BCUT2D eigenvalue weighted by Gasteiger charge is -2.30. The van der Waals surface area contributed by atoms with E-state index in [1.165, 1.54) is 38.2 Å². The summed E-state index contributed by atoms with van der Waals surface area (Å²) >= 11 is 2.11. The summed E-state index contributed by atoms with van der Waals surface area (Å²) in [5.74, 6) is 1.34. The van der Waals surface area contributed by atoms with Crippen LogP contribution in [0.1, 0.15) is 26.7 Å². The first kappa shape index (κ1) is 9.40. The molecule has 0 aromatic rings. The Kier molecular flexibility index (Phi) is 4.31. The van der Waals surface area contributed by atoms with E-state index in [0.717, 1.165) is 5.25 Å². The molecule has 0 N–H and O–H groups in total. The van der Waals surface area contributed by atoms with Crippen molar-refractivity contribution in [1.29, 1.82) is 0 Å². The minimum absolute atomic E-state index is 0.862. The average molecular weight is 173 g/mol. The molecular formula is C9H19NS. The Morgan fingerprint density at radius 1 is 1.55 bits per heavy atom. The molecular weight excluding hydrogens is 154 g/mol. The molecule has 0 bridgehead atoms. The SMILES string of the molecule is CCCCN1CCSC(C)C1. The fourth-order valence-electron chi connectivity index (χ4n) is 1.48. The van der Waals surface area contributed by atoms with Gasteiger partial charge >= 0.3 is 0 Å². The second-order valence-corrected chi connectivity index (χ2v) is 4.88. The zero-order valence-electron chi connectivity index (χ0n) is 7.68. The van der Waals surface area contributed by atoms with Gasteiger partial charge in [0.05, 0.1) is 0 Å². The van der Waals surface area contributed by atoms with Crippen LogP contribution in [-0.2, 0) is 0 Å². The molecule has 0 amide bonds. The monoisotopic (exact) mass is 173 g/mol. The largest absolute Gasteiger partial charge is 0.301 e. The van der Waals surface area contributed by atoms with Gasteiger partial charge < -0.3 is 4.90 Å². The minimum atomic E-state index is 0.862. The molecule has 66 valence electrons. The molecule has 0 aliphatic carbocycles. The van der Waals surface area contributed by atoms with Crippen molar-refractivity contribution in [1.82, 2.24) is 4.90 Å². The molecule has 2 heteroatoms. The molecule has 0 aromatic carbocycles. The Bertz CT molecular complexity index is 106. The fourth-order valence-corrected chi connectivity index (χ4v) is 2.56. The molecule has 1 nitrogen and oxygen atoms in total. The van der Waals surface area contributed by atoms with Crippen molar-refractivity contribution in [3.63, 3.8) is 0 Å². The second-order valence-electron chi connectivity index (χ2n) is 3.34. The highest BCUT2D eigenvalue weighted by molar-refractivity contribution is 7.99. The molecule has 1 heterocycles. The second kappa shape index (κ2) is 5.04. The normalized spacial score (nSPS) is 27.3. The van der Waals surface area contributed by atoms with Gasteiger partial charge in [-0.3, -0.25) is 0 Å². The standard InChI is InChI=1S/C9H19NS/c1-3-4-5-10-6-7-11-9(2)8-10/h9H,3-8H2,1-2H3. The number of nitrogens with zero attached hydrogens (tertiary/aromatic N) is 1. The van der Waals surface area contributed by atoms with E-state index in [1.54, 1.807) is 0 Å². The number of hydrogen-bond donors (Lipinski definition) is 0. The summed E-state index contributed by atoms with van der Waals surface area (Å²) in [6.45, 7) is 8.55. The molecule has 1 fully saturated rings. The van der Waals surface area contributed by atoms with Gasteiger partial charge in [-0.2, -0.15) is 11.8 Å². The molecule has 11 heavy (non-hydrogen) atoms. The molecule has 1 aliphatic rings. The van der Waals surface area contributed by atoms with Crippen molar-refractivity contribution in [2.75, 3.05) is 25.4 Å². The van der Waals surface area contributed by atoms with E-state index in [-0.39, 0.29) is 0 Å². The third-order valence-corrected chi connectivity index (χ3v) is 3.29. The van der Waals surface area contributed by atoms with Crippen LogP contribution in [0.25, 0.3) is 0 Å². The Morgan fingerprint density at radius 3 is 3.00 bits per heavy atom. The first-order valence-electron chi connectivity index (χ1n) is 4.67. The smallest absolute Gasteiger partial charge is 0.0147 e. The summed E-state index contributed by atoms with van der Waals surface area (Å²) in [6, 6.07) is 0. The summed E-state index contributed by atoms with van der Waals surface area (Å²) in [7, 11) is 0. The first-order chi connectivity index (χ1) is 5.33. The molecule has 1 aliphatic heterocycles. The van der Waals surface area contributed by atoms with Crippen molar-refractivity contribution >= 4 is 11.8 Å². The highest BCUT2D eigenvalue weighted by Crippen LogP contribution is 2.17. The van der Waals surface area contributed by atoms with Gasteiger partial charge in [-0.1, -0.05) is 20.3 Å². The van der Waals surface area contributed by atoms with E-state index in [1.807, 2.05) is 0 Å². The first-order valence-corrected chi connectivity index (χ1v) is 5.71. The lowest BCUT2D eigenvalue weighted by Crippen LogP contribution is -2.37. The van der Waals surface area contributed by atoms with Gasteiger partial charge in [-0.25, -0.2) is 0 Å². The van der Waals surface area contributed by atoms with Gasteiger partial charge in [0, 0.05) is 24.1 Å². The Labute approximate surface area is 74.5 Å². The van der Waals surface area contributed by atoms with Crippen LogP contribution in [0.2, 0.25) is 0 Å². The molecule has 1 unspecified atom stereocenters. The zero-order chi connectivity index (χ0) is 8.10. The number of unbranched alkanes of at least 4 members (excludes halogenated alkanes) is 1. The summed E-state index contributed by atoms with van der Waals surface area (Å²) in [5, 5.41) is 0.862. The van der Waals surface area contributed by atoms with Crippen molar-refractivity contribution < 1.29 is 0 Å². The minimum Gasteiger partial charge on any atom is -0.301 e. The molecule has 0 aromatic heterocycles. The van der Waals surface area contributed by atoms with Crippen LogP contribution in [0.4, 0.5) is 0 Å². The molecule has 0 saturated carbocycles. The van der Waals surface area contributed by atoms with Gasteiger partial charge in [-0.05, 0) is 13.0 Å². The Morgan fingerprint density at radius 2 is 2.36 bits per heavy atom. The van der Waals surface area contributed by atoms with Crippen LogP contribution in [0.5, 0.6) is 0 Å². The van der Waals surface area contributed by atoms with Gasteiger partial charge in [-0.15, -0.1) is 0 Å². The summed E-state index contributed by atoms with van der Waals surface area (Å²) in [5.41, 5.74) is 0. The summed E-state index contributed by atoms with van der Waals surface area (Å²) in [6.07, 6.45) is 2.70. The van der Waals surface area contributed by atoms with Gasteiger partial charge in [0.2, 0.25) is 0 Å². The van der Waals surface area contributed by atoms with Crippen LogP contribution in [0.15, 0.2) is 0 Å². The lowest BCUT2D eigenvalue weighted by molar-refractivity contribution is 0.282.